The van der Waals surface area contributed by atoms with Crippen LogP contribution in [0.2, 0.25) is 0 Å². The molecule has 0 radical (unpaired) electrons. The molecule has 0 N–H and O–H groups in total. The Kier molecular flexibility index (Phi) is 5.04. The second-order valence-corrected chi connectivity index (χ2v) is 7.68. The van der Waals surface area contributed by atoms with Crippen molar-refractivity contribution in [2.45, 2.75) is 50.7 Å². The fraction of sp³-hybridized carbons (Fsp3) is 0.409. The van der Waals surface area contributed by atoms with Gasteiger partial charge in [0, 0.05) is 30.6 Å². The zero-order valence-electron chi connectivity index (χ0n) is 15.0. The van der Waals surface area contributed by atoms with Crippen LogP contribution in [-0.2, 0) is 6.54 Å². The summed E-state index contributed by atoms with van der Waals surface area (Å²) in [6.07, 6.45) is 4.32. The van der Waals surface area contributed by atoms with Gasteiger partial charge in [-0.25, -0.2) is 13.2 Å². The Hall–Kier alpha value is -2.14. The standard InChI is InChI=1S/C22H22F3NO/c23-16-11-19(21(25)20(24)12-16)22(27)15-9-17-7-4-8-18(10-15)26(17)13-14-5-2-1-3-6-14/h1-3,5-6,11-12,15,17-18H,4,7-10,13H2. The molecule has 2 bridgehead atoms. The first kappa shape index (κ1) is 18.2. The highest BCUT2D eigenvalue weighted by Gasteiger charge is 2.41. The molecule has 2 atom stereocenters. The van der Waals surface area contributed by atoms with Crippen LogP contribution in [0.3, 0.4) is 0 Å². The number of fused-ring (bicyclic) bond motifs is 2. The van der Waals surface area contributed by atoms with Crippen molar-refractivity contribution in [2.75, 3.05) is 0 Å². The normalized spacial score (nSPS) is 25.4. The molecule has 0 aliphatic carbocycles. The molecule has 2 aliphatic rings. The maximum atomic E-state index is 14.1. The molecular formula is C22H22F3NO. The lowest BCUT2D eigenvalue weighted by Gasteiger charge is -2.48. The Balaban J connectivity index is 1.54. The average molecular weight is 373 g/mol. The third-order valence-electron chi connectivity index (χ3n) is 5.96. The van der Waals surface area contributed by atoms with Crippen LogP contribution in [-0.4, -0.2) is 22.8 Å². The minimum atomic E-state index is -1.31. The van der Waals surface area contributed by atoms with Gasteiger partial charge in [-0.2, -0.15) is 0 Å². The van der Waals surface area contributed by atoms with Crippen LogP contribution in [0.5, 0.6) is 0 Å². The van der Waals surface area contributed by atoms with Gasteiger partial charge in [0.2, 0.25) is 0 Å². The number of Topliss-reactive ketones (excluding diaryl/α,β-unsaturated/α-hetero) is 1. The van der Waals surface area contributed by atoms with E-state index in [2.05, 4.69) is 17.0 Å². The fourth-order valence-corrected chi connectivity index (χ4v) is 4.70. The van der Waals surface area contributed by atoms with Gasteiger partial charge in [0.1, 0.15) is 5.82 Å². The number of benzene rings is 2. The molecule has 2 heterocycles. The summed E-state index contributed by atoms with van der Waals surface area (Å²) in [5.41, 5.74) is 0.782. The van der Waals surface area contributed by atoms with Gasteiger partial charge in [0.15, 0.2) is 17.4 Å². The number of ketones is 1. The van der Waals surface area contributed by atoms with E-state index in [1.807, 2.05) is 18.2 Å². The van der Waals surface area contributed by atoms with Crippen molar-refractivity contribution in [3.05, 3.63) is 71.0 Å². The van der Waals surface area contributed by atoms with Crippen LogP contribution in [0.25, 0.3) is 0 Å². The minimum Gasteiger partial charge on any atom is -0.294 e. The number of carbonyl (C=O) groups is 1. The Bertz CT molecular complexity index is 825. The molecular weight excluding hydrogens is 351 g/mol. The van der Waals surface area contributed by atoms with Gasteiger partial charge in [-0.05, 0) is 37.3 Å². The van der Waals surface area contributed by atoms with E-state index in [0.29, 0.717) is 18.9 Å². The molecule has 0 saturated carbocycles. The number of carbonyl (C=O) groups excluding carboxylic acids is 1. The number of piperidine rings is 2. The SMILES string of the molecule is O=C(c1cc(F)cc(F)c1F)C1CC2CCCC(C1)N2Cc1ccccc1. The first-order valence-electron chi connectivity index (χ1n) is 9.51. The number of nitrogens with zero attached hydrogens (tertiary/aromatic N) is 1. The maximum absolute atomic E-state index is 14.1. The summed E-state index contributed by atoms with van der Waals surface area (Å²) in [5.74, 6) is -4.32. The zero-order valence-corrected chi connectivity index (χ0v) is 15.0. The van der Waals surface area contributed by atoms with E-state index < -0.39 is 28.8 Å². The fourth-order valence-electron chi connectivity index (χ4n) is 4.70. The molecule has 2 fully saturated rings. The molecule has 2 aromatic rings. The van der Waals surface area contributed by atoms with Gasteiger partial charge in [-0.3, -0.25) is 9.69 Å². The summed E-state index contributed by atoms with van der Waals surface area (Å²) < 4.78 is 41.1. The second-order valence-electron chi connectivity index (χ2n) is 7.68. The predicted molar refractivity (Wildman–Crippen MR) is 96.8 cm³/mol. The maximum Gasteiger partial charge on any atom is 0.169 e. The van der Waals surface area contributed by atoms with Gasteiger partial charge in [0.05, 0.1) is 5.56 Å². The predicted octanol–water partition coefficient (Wildman–Crippen LogP) is 5.12. The molecule has 2 aliphatic heterocycles. The lowest BCUT2D eigenvalue weighted by atomic mass is 9.75. The smallest absolute Gasteiger partial charge is 0.169 e. The highest BCUT2D eigenvalue weighted by molar-refractivity contribution is 5.98. The molecule has 5 heteroatoms. The van der Waals surface area contributed by atoms with Gasteiger partial charge in [0.25, 0.3) is 0 Å². The minimum absolute atomic E-state index is 0.244. The van der Waals surface area contributed by atoms with E-state index in [4.69, 9.17) is 0 Å². The molecule has 2 aromatic carbocycles. The van der Waals surface area contributed by atoms with Crippen molar-refractivity contribution in [3.63, 3.8) is 0 Å². The first-order chi connectivity index (χ1) is 13.0. The molecule has 2 saturated heterocycles. The van der Waals surface area contributed by atoms with E-state index in [-0.39, 0.29) is 18.0 Å². The summed E-state index contributed by atoms with van der Waals surface area (Å²) >= 11 is 0. The second kappa shape index (κ2) is 7.47. The van der Waals surface area contributed by atoms with Gasteiger partial charge in [-0.1, -0.05) is 36.8 Å². The zero-order chi connectivity index (χ0) is 19.0. The molecule has 2 nitrogen and oxygen atoms in total. The Labute approximate surface area is 157 Å². The van der Waals surface area contributed by atoms with E-state index in [0.717, 1.165) is 31.9 Å². The first-order valence-corrected chi connectivity index (χ1v) is 9.51. The van der Waals surface area contributed by atoms with Crippen molar-refractivity contribution in [1.29, 1.82) is 0 Å². The summed E-state index contributed by atoms with van der Waals surface area (Å²) in [6, 6.07) is 12.0. The van der Waals surface area contributed by atoms with E-state index in [1.165, 1.54) is 5.56 Å². The van der Waals surface area contributed by atoms with Crippen LogP contribution >= 0.6 is 0 Å². The lowest BCUT2D eigenvalue weighted by molar-refractivity contribution is 0.00891. The van der Waals surface area contributed by atoms with Crippen molar-refractivity contribution in [3.8, 4) is 0 Å². The van der Waals surface area contributed by atoms with Crippen LogP contribution in [0.15, 0.2) is 42.5 Å². The quantitative estimate of drug-likeness (QED) is 0.548. The van der Waals surface area contributed by atoms with E-state index in [1.54, 1.807) is 0 Å². The summed E-state index contributed by atoms with van der Waals surface area (Å²) in [5, 5.41) is 0. The topological polar surface area (TPSA) is 20.3 Å². The highest BCUT2D eigenvalue weighted by atomic mass is 19.2. The molecule has 142 valence electrons. The third kappa shape index (κ3) is 3.65. The van der Waals surface area contributed by atoms with Crippen molar-refractivity contribution in [1.82, 2.24) is 4.90 Å². The van der Waals surface area contributed by atoms with Crippen molar-refractivity contribution in [2.24, 2.45) is 5.92 Å². The number of halogens is 3. The van der Waals surface area contributed by atoms with Crippen molar-refractivity contribution < 1.29 is 18.0 Å². The van der Waals surface area contributed by atoms with Gasteiger partial charge >= 0.3 is 0 Å². The number of hydrogen-bond acceptors (Lipinski definition) is 2. The summed E-state index contributed by atoms with van der Waals surface area (Å²) in [6.45, 7) is 0.833. The van der Waals surface area contributed by atoms with Crippen molar-refractivity contribution >= 4 is 5.78 Å². The number of rotatable bonds is 4. The molecule has 0 amide bonds. The van der Waals surface area contributed by atoms with Crippen LogP contribution in [0, 0.1) is 23.4 Å². The van der Waals surface area contributed by atoms with Gasteiger partial charge in [-0.15, -0.1) is 0 Å². The van der Waals surface area contributed by atoms with E-state index in [9.17, 15) is 18.0 Å². The number of hydrogen-bond donors (Lipinski definition) is 0. The molecule has 2 unspecified atom stereocenters. The molecule has 0 aromatic heterocycles. The van der Waals surface area contributed by atoms with E-state index >= 15 is 0 Å². The average Bonchev–Trinajstić information content (AvgIpc) is 2.64. The Morgan fingerprint density at radius 2 is 1.67 bits per heavy atom. The monoisotopic (exact) mass is 373 g/mol. The molecule has 27 heavy (non-hydrogen) atoms. The molecule has 0 spiro atoms. The Morgan fingerprint density at radius 3 is 2.33 bits per heavy atom. The third-order valence-corrected chi connectivity index (χ3v) is 5.96. The van der Waals surface area contributed by atoms with Crippen LogP contribution < -0.4 is 0 Å². The summed E-state index contributed by atoms with van der Waals surface area (Å²) in [4.78, 5) is 15.3. The lowest BCUT2D eigenvalue weighted by Crippen LogP contribution is -2.52. The van der Waals surface area contributed by atoms with Crippen LogP contribution in [0.1, 0.15) is 48.0 Å². The highest BCUT2D eigenvalue weighted by Crippen LogP contribution is 2.39. The largest absolute Gasteiger partial charge is 0.294 e. The summed E-state index contributed by atoms with van der Waals surface area (Å²) in [7, 11) is 0. The Morgan fingerprint density at radius 1 is 1.00 bits per heavy atom. The van der Waals surface area contributed by atoms with Gasteiger partial charge < -0.3 is 0 Å². The van der Waals surface area contributed by atoms with Crippen LogP contribution in [0.4, 0.5) is 13.2 Å². The molecule has 4 rings (SSSR count).